The van der Waals surface area contributed by atoms with Crippen molar-refractivity contribution in [2.75, 3.05) is 18.6 Å². The number of pyridine rings is 1. The molecule has 7 nitrogen and oxygen atoms in total. The van der Waals surface area contributed by atoms with Crippen LogP contribution >= 0.6 is 11.3 Å². The molecule has 1 fully saturated rings. The van der Waals surface area contributed by atoms with Crippen molar-refractivity contribution in [1.29, 1.82) is 0 Å². The molecule has 4 rings (SSSR count). The van der Waals surface area contributed by atoms with Gasteiger partial charge in [0.25, 0.3) is 0 Å². The van der Waals surface area contributed by atoms with Gasteiger partial charge in [-0.25, -0.2) is 12.7 Å². The molecule has 198 valence electrons. The highest BCUT2D eigenvalue weighted by Crippen LogP contribution is 2.35. The first-order chi connectivity index (χ1) is 17.4. The number of thiophene rings is 1. The third kappa shape index (κ3) is 6.84. The summed E-state index contributed by atoms with van der Waals surface area (Å²) in [6.45, 7) is 3.96. The Morgan fingerprint density at radius 1 is 1.14 bits per heavy atom. The second-order valence-electron chi connectivity index (χ2n) is 10.6. The van der Waals surface area contributed by atoms with E-state index in [2.05, 4.69) is 16.8 Å². The molecule has 0 saturated heterocycles. The van der Waals surface area contributed by atoms with Crippen LogP contribution in [0.1, 0.15) is 51.5 Å². The quantitative estimate of drug-likeness (QED) is 0.395. The van der Waals surface area contributed by atoms with Crippen molar-refractivity contribution < 1.29 is 13.2 Å². The van der Waals surface area contributed by atoms with Crippen molar-refractivity contribution in [3.63, 3.8) is 0 Å². The Bertz CT molecular complexity index is 1320. The molecule has 0 atom stereocenters. The van der Waals surface area contributed by atoms with Crippen LogP contribution in [-0.2, 0) is 20.4 Å². The predicted octanol–water partition coefficient (Wildman–Crippen LogP) is 5.45. The fourth-order valence-corrected chi connectivity index (χ4v) is 6.32. The van der Waals surface area contributed by atoms with Crippen LogP contribution in [-0.4, -0.2) is 43.0 Å². The molecule has 1 aliphatic carbocycles. The number of nitrogens with one attached hydrogen (secondary N) is 1. The number of amides is 1. The summed E-state index contributed by atoms with van der Waals surface area (Å²) in [5.41, 5.74) is 11.4. The number of carbonyl (C=O) groups excluding carboxylic acids is 1. The van der Waals surface area contributed by atoms with Crippen molar-refractivity contribution in [3.05, 3.63) is 58.9 Å². The van der Waals surface area contributed by atoms with Crippen molar-refractivity contribution in [3.8, 4) is 22.4 Å². The topological polar surface area (TPSA) is 105 Å². The minimum Gasteiger partial charge on any atom is -0.325 e. The Balaban J connectivity index is 1.46. The van der Waals surface area contributed by atoms with E-state index in [9.17, 15) is 13.2 Å². The lowest BCUT2D eigenvalue weighted by Crippen LogP contribution is -2.39. The number of aromatic nitrogens is 1. The molecule has 2 heterocycles. The lowest BCUT2D eigenvalue weighted by Gasteiger charge is -2.33. The minimum absolute atomic E-state index is 0.0178. The second kappa shape index (κ2) is 11.0. The fraction of sp³-hybridized carbons (Fsp3) is 0.429. The van der Waals surface area contributed by atoms with Gasteiger partial charge in [0.2, 0.25) is 15.9 Å². The van der Waals surface area contributed by atoms with Crippen LogP contribution in [0.2, 0.25) is 0 Å². The minimum atomic E-state index is -3.20. The molecule has 0 spiro atoms. The molecule has 0 unspecified atom stereocenters. The van der Waals surface area contributed by atoms with Crippen molar-refractivity contribution in [2.24, 2.45) is 11.7 Å². The summed E-state index contributed by atoms with van der Waals surface area (Å²) in [5, 5.41) is 7.15. The average molecular weight is 541 g/mol. The van der Waals surface area contributed by atoms with E-state index in [0.717, 1.165) is 53.6 Å². The lowest BCUT2D eigenvalue weighted by molar-refractivity contribution is -0.117. The number of nitrogens with zero attached hydrogens (tertiary/aromatic N) is 2. The van der Waals surface area contributed by atoms with Gasteiger partial charge in [0.05, 0.1) is 23.8 Å². The number of anilines is 1. The summed E-state index contributed by atoms with van der Waals surface area (Å²) in [7, 11) is -1.56. The number of rotatable bonds is 8. The smallest absolute Gasteiger partial charge is 0.224 e. The zero-order valence-electron chi connectivity index (χ0n) is 21.9. The molecular weight excluding hydrogens is 504 g/mol. The first-order valence-electron chi connectivity index (χ1n) is 12.6. The summed E-state index contributed by atoms with van der Waals surface area (Å²) >= 11 is 1.62. The van der Waals surface area contributed by atoms with Crippen LogP contribution in [0, 0.1) is 5.92 Å². The van der Waals surface area contributed by atoms with Crippen LogP contribution in [0.15, 0.2) is 53.4 Å². The van der Waals surface area contributed by atoms with Crippen LogP contribution in [0.4, 0.5) is 5.69 Å². The number of benzene rings is 1. The first kappa shape index (κ1) is 27.4. The summed E-state index contributed by atoms with van der Waals surface area (Å²) in [4.78, 5) is 17.6. The van der Waals surface area contributed by atoms with Gasteiger partial charge in [-0.15, -0.1) is 0 Å². The van der Waals surface area contributed by atoms with E-state index in [1.54, 1.807) is 24.6 Å². The first-order valence-corrected chi connectivity index (χ1v) is 15.4. The van der Waals surface area contributed by atoms with Gasteiger partial charge in [-0.1, -0.05) is 24.3 Å². The maximum atomic E-state index is 12.9. The zero-order valence-corrected chi connectivity index (χ0v) is 23.5. The van der Waals surface area contributed by atoms with Crippen LogP contribution in [0.3, 0.4) is 0 Å². The van der Waals surface area contributed by atoms with Crippen molar-refractivity contribution in [2.45, 2.75) is 57.5 Å². The van der Waals surface area contributed by atoms with E-state index in [-0.39, 0.29) is 17.9 Å². The Kier molecular flexibility index (Phi) is 8.18. The molecule has 2 aromatic heterocycles. The summed E-state index contributed by atoms with van der Waals surface area (Å²) < 4.78 is 25.1. The van der Waals surface area contributed by atoms with Gasteiger partial charge in [-0.3, -0.25) is 9.78 Å². The summed E-state index contributed by atoms with van der Waals surface area (Å²) in [6, 6.07) is 12.2. The van der Waals surface area contributed by atoms with E-state index in [1.165, 1.54) is 10.6 Å². The van der Waals surface area contributed by atoms with Gasteiger partial charge in [0.15, 0.2) is 0 Å². The van der Waals surface area contributed by atoms with Gasteiger partial charge < -0.3 is 11.1 Å². The Hall–Kier alpha value is -2.59. The third-order valence-electron chi connectivity index (χ3n) is 7.23. The Labute approximate surface area is 224 Å². The number of hydrogen-bond donors (Lipinski definition) is 2. The number of sulfonamides is 1. The van der Waals surface area contributed by atoms with Gasteiger partial charge in [0.1, 0.15) is 0 Å². The van der Waals surface area contributed by atoms with Gasteiger partial charge >= 0.3 is 0 Å². The maximum absolute atomic E-state index is 12.9. The Morgan fingerprint density at radius 2 is 1.81 bits per heavy atom. The van der Waals surface area contributed by atoms with E-state index in [0.29, 0.717) is 12.1 Å². The van der Waals surface area contributed by atoms with Gasteiger partial charge in [0, 0.05) is 36.2 Å². The molecule has 3 N–H and O–H groups in total. The third-order valence-corrected chi connectivity index (χ3v) is 9.26. The number of nitrogens with two attached hydrogens (primary N) is 1. The predicted molar refractivity (Wildman–Crippen MR) is 152 cm³/mol. The Morgan fingerprint density at radius 3 is 2.38 bits per heavy atom. The molecule has 1 amide bonds. The van der Waals surface area contributed by atoms with Crippen molar-refractivity contribution >= 4 is 33.0 Å². The van der Waals surface area contributed by atoms with Gasteiger partial charge in [-0.2, -0.15) is 11.3 Å². The average Bonchev–Trinajstić information content (AvgIpc) is 3.38. The molecular formula is C28H36N4O3S2. The maximum Gasteiger partial charge on any atom is 0.224 e. The number of carbonyl (C=O) groups is 1. The standard InChI is InChI=1S/C28H36N4O3S2/c1-28(2,29)22-9-7-20(8-10-22)27-25(21-13-14-36-18-21)16-23(17-30-27)31-26(33)15-19-5-11-24(12-6-19)32(3)37(4,34)35/h7-10,13-14,16-19,24H,5-6,11-12,15,29H2,1-4H3,(H,31,33)/t19-,24-. The molecule has 37 heavy (non-hydrogen) atoms. The van der Waals surface area contributed by atoms with E-state index < -0.39 is 15.6 Å². The molecule has 1 saturated carbocycles. The molecule has 1 aromatic carbocycles. The largest absolute Gasteiger partial charge is 0.325 e. The fourth-order valence-electron chi connectivity index (χ4n) is 4.92. The monoisotopic (exact) mass is 540 g/mol. The molecule has 0 bridgehead atoms. The van der Waals surface area contributed by atoms with Gasteiger partial charge in [-0.05, 0) is 79.5 Å². The highest BCUT2D eigenvalue weighted by Gasteiger charge is 2.29. The van der Waals surface area contributed by atoms with E-state index >= 15 is 0 Å². The van der Waals surface area contributed by atoms with Crippen LogP contribution < -0.4 is 11.1 Å². The molecule has 0 radical (unpaired) electrons. The summed E-state index contributed by atoms with van der Waals surface area (Å²) in [6.07, 6.45) is 6.60. The van der Waals surface area contributed by atoms with E-state index in [4.69, 9.17) is 10.7 Å². The number of hydrogen-bond acceptors (Lipinski definition) is 6. The SMILES string of the molecule is CN([C@H]1CC[C@H](CC(=O)Nc2cnc(-c3ccc(C(C)(C)N)cc3)c(-c3ccsc3)c2)CC1)S(C)(=O)=O. The molecule has 9 heteroatoms. The second-order valence-corrected chi connectivity index (χ2v) is 13.5. The summed E-state index contributed by atoms with van der Waals surface area (Å²) in [5.74, 6) is 0.207. The molecule has 3 aromatic rings. The van der Waals surface area contributed by atoms with E-state index in [1.807, 2.05) is 49.6 Å². The zero-order chi connectivity index (χ0) is 26.8. The molecule has 0 aliphatic heterocycles. The van der Waals surface area contributed by atoms with Crippen molar-refractivity contribution in [1.82, 2.24) is 9.29 Å². The normalized spacial score (nSPS) is 18.6. The highest BCUT2D eigenvalue weighted by atomic mass is 32.2. The molecule has 1 aliphatic rings. The lowest BCUT2D eigenvalue weighted by atomic mass is 9.84. The van der Waals surface area contributed by atoms with Crippen LogP contribution in [0.25, 0.3) is 22.4 Å². The van der Waals surface area contributed by atoms with Crippen LogP contribution in [0.5, 0.6) is 0 Å². The highest BCUT2D eigenvalue weighted by molar-refractivity contribution is 7.88.